The van der Waals surface area contributed by atoms with Gasteiger partial charge in [0.1, 0.15) is 5.75 Å². The van der Waals surface area contributed by atoms with Gasteiger partial charge in [0.25, 0.3) is 0 Å². The summed E-state index contributed by atoms with van der Waals surface area (Å²) in [6.07, 6.45) is 0.707. The van der Waals surface area contributed by atoms with Gasteiger partial charge in [-0.25, -0.2) is 0 Å². The molecule has 0 radical (unpaired) electrons. The minimum Gasteiger partial charge on any atom is -0.496 e. The molecule has 3 nitrogen and oxygen atoms in total. The quantitative estimate of drug-likeness (QED) is 0.744. The molecule has 2 aromatic rings. The largest absolute Gasteiger partial charge is 0.496 e. The van der Waals surface area contributed by atoms with Gasteiger partial charge in [0.05, 0.1) is 31.6 Å². The fourth-order valence-electron chi connectivity index (χ4n) is 2.01. The smallest absolute Gasteiger partial charge is 0.160 e. The molecule has 5 heteroatoms. The first-order chi connectivity index (χ1) is 9.69. The summed E-state index contributed by atoms with van der Waals surface area (Å²) < 4.78 is 15.8. The van der Waals surface area contributed by atoms with Crippen LogP contribution in [0.3, 0.4) is 0 Å². The van der Waals surface area contributed by atoms with Crippen LogP contribution in [0.2, 0.25) is 0 Å². The first-order valence-corrected chi connectivity index (χ1v) is 7.47. The highest BCUT2D eigenvalue weighted by molar-refractivity contribution is 7.10. The maximum Gasteiger partial charge on any atom is 0.160 e. The second-order valence-electron chi connectivity index (χ2n) is 4.21. The van der Waals surface area contributed by atoms with Crippen LogP contribution in [0.5, 0.6) is 17.2 Å². The zero-order valence-corrected chi connectivity index (χ0v) is 13.3. The molecule has 1 aromatic carbocycles. The first kappa shape index (κ1) is 15.0. The first-order valence-electron chi connectivity index (χ1n) is 6.16. The molecule has 0 saturated carbocycles. The highest BCUT2D eigenvalue weighted by Gasteiger charge is 2.16. The molecular formula is C15H17ClO3S. The maximum atomic E-state index is 6.49. The van der Waals surface area contributed by atoms with E-state index < -0.39 is 0 Å². The highest BCUT2D eigenvalue weighted by Crippen LogP contribution is 2.38. The fraction of sp³-hybridized carbons (Fsp3) is 0.333. The van der Waals surface area contributed by atoms with Crippen molar-refractivity contribution in [1.29, 1.82) is 0 Å². The summed E-state index contributed by atoms with van der Waals surface area (Å²) in [5.41, 5.74) is 1.10. The maximum absolute atomic E-state index is 6.49. The standard InChI is InChI=1S/C15H17ClO3S/c1-17-12-5-4-10(9-14(12)19-3)8-11(16)15-13(18-2)6-7-20-15/h4-7,9,11H,8H2,1-3H3. The van der Waals surface area contributed by atoms with Crippen molar-refractivity contribution in [3.8, 4) is 17.2 Å². The number of rotatable bonds is 6. The van der Waals surface area contributed by atoms with Crippen molar-refractivity contribution >= 4 is 22.9 Å². The Morgan fingerprint density at radius 2 is 1.70 bits per heavy atom. The molecule has 0 fully saturated rings. The topological polar surface area (TPSA) is 27.7 Å². The lowest BCUT2D eigenvalue weighted by Gasteiger charge is -2.12. The van der Waals surface area contributed by atoms with E-state index in [1.54, 1.807) is 32.7 Å². The second-order valence-corrected chi connectivity index (χ2v) is 5.69. The molecule has 108 valence electrons. The molecular weight excluding hydrogens is 296 g/mol. The van der Waals surface area contributed by atoms with Crippen LogP contribution >= 0.6 is 22.9 Å². The van der Waals surface area contributed by atoms with Gasteiger partial charge in [-0.15, -0.1) is 22.9 Å². The average Bonchev–Trinajstić information content (AvgIpc) is 2.95. The molecule has 0 aliphatic rings. The van der Waals surface area contributed by atoms with E-state index in [2.05, 4.69) is 0 Å². The lowest BCUT2D eigenvalue weighted by atomic mass is 10.1. The van der Waals surface area contributed by atoms with Crippen LogP contribution in [0.25, 0.3) is 0 Å². The predicted molar refractivity (Wildman–Crippen MR) is 82.7 cm³/mol. The second kappa shape index (κ2) is 6.86. The molecule has 1 unspecified atom stereocenters. The van der Waals surface area contributed by atoms with Crippen LogP contribution in [-0.4, -0.2) is 21.3 Å². The predicted octanol–water partition coefficient (Wildman–Crippen LogP) is 4.30. The van der Waals surface area contributed by atoms with Crippen molar-refractivity contribution < 1.29 is 14.2 Å². The molecule has 1 atom stereocenters. The van der Waals surface area contributed by atoms with E-state index in [1.807, 2.05) is 29.6 Å². The molecule has 0 aliphatic heterocycles. The summed E-state index contributed by atoms with van der Waals surface area (Å²) in [5, 5.41) is 1.86. The SMILES string of the molecule is COc1ccc(CC(Cl)c2sccc2OC)cc1OC. The number of hydrogen-bond acceptors (Lipinski definition) is 4. The number of benzene rings is 1. The lowest BCUT2D eigenvalue weighted by molar-refractivity contribution is 0.354. The van der Waals surface area contributed by atoms with Gasteiger partial charge in [-0.1, -0.05) is 6.07 Å². The van der Waals surface area contributed by atoms with Gasteiger partial charge in [-0.2, -0.15) is 0 Å². The van der Waals surface area contributed by atoms with Gasteiger partial charge in [0, 0.05) is 0 Å². The molecule has 1 aromatic heterocycles. The summed E-state index contributed by atoms with van der Waals surface area (Å²) in [5.74, 6) is 2.28. The number of alkyl halides is 1. The molecule has 20 heavy (non-hydrogen) atoms. The molecule has 0 spiro atoms. The van der Waals surface area contributed by atoms with Gasteiger partial charge < -0.3 is 14.2 Å². The van der Waals surface area contributed by atoms with Gasteiger partial charge in [0.2, 0.25) is 0 Å². The molecule has 1 heterocycles. The number of halogens is 1. The van der Waals surface area contributed by atoms with Crippen molar-refractivity contribution in [2.75, 3.05) is 21.3 Å². The van der Waals surface area contributed by atoms with E-state index in [0.29, 0.717) is 12.2 Å². The summed E-state index contributed by atoms with van der Waals surface area (Å²) >= 11 is 8.10. The summed E-state index contributed by atoms with van der Waals surface area (Å²) in [4.78, 5) is 1.05. The molecule has 0 saturated heterocycles. The average molecular weight is 313 g/mol. The van der Waals surface area contributed by atoms with Crippen molar-refractivity contribution in [2.24, 2.45) is 0 Å². The van der Waals surface area contributed by atoms with Crippen molar-refractivity contribution in [3.05, 3.63) is 40.1 Å². The van der Waals surface area contributed by atoms with E-state index in [0.717, 1.165) is 21.9 Å². The Labute approximate surface area is 128 Å². The van der Waals surface area contributed by atoms with Crippen molar-refractivity contribution in [1.82, 2.24) is 0 Å². The lowest BCUT2D eigenvalue weighted by Crippen LogP contribution is -1.98. The number of methoxy groups -OCH3 is 3. The van der Waals surface area contributed by atoms with Crippen LogP contribution in [0.4, 0.5) is 0 Å². The minimum absolute atomic E-state index is 0.122. The minimum atomic E-state index is -0.122. The summed E-state index contributed by atoms with van der Waals surface area (Å²) in [7, 11) is 4.91. The number of hydrogen-bond donors (Lipinski definition) is 0. The van der Waals surface area contributed by atoms with E-state index in [-0.39, 0.29) is 5.38 Å². The normalized spacial score (nSPS) is 12.0. The zero-order valence-electron chi connectivity index (χ0n) is 11.7. The Morgan fingerprint density at radius 1 is 1.00 bits per heavy atom. The number of thiophene rings is 1. The Kier molecular flexibility index (Phi) is 5.15. The molecule has 0 amide bonds. The van der Waals surface area contributed by atoms with Crippen LogP contribution in [-0.2, 0) is 6.42 Å². The third kappa shape index (κ3) is 3.19. The Balaban J connectivity index is 2.17. The van der Waals surface area contributed by atoms with Crippen LogP contribution in [0.15, 0.2) is 29.6 Å². The van der Waals surface area contributed by atoms with Crippen LogP contribution in [0, 0.1) is 0 Å². The molecule has 0 bridgehead atoms. The Hall–Kier alpha value is -1.39. The fourth-order valence-corrected chi connectivity index (χ4v) is 3.29. The highest BCUT2D eigenvalue weighted by atomic mass is 35.5. The van der Waals surface area contributed by atoms with E-state index in [4.69, 9.17) is 25.8 Å². The van der Waals surface area contributed by atoms with Crippen molar-refractivity contribution in [2.45, 2.75) is 11.8 Å². The third-order valence-electron chi connectivity index (χ3n) is 3.02. The number of ether oxygens (including phenoxy) is 3. The zero-order chi connectivity index (χ0) is 14.5. The molecule has 0 aliphatic carbocycles. The monoisotopic (exact) mass is 312 g/mol. The van der Waals surface area contributed by atoms with E-state index in [1.165, 1.54) is 0 Å². The molecule has 0 N–H and O–H groups in total. The van der Waals surface area contributed by atoms with Gasteiger partial charge in [0.15, 0.2) is 11.5 Å². The van der Waals surface area contributed by atoms with Gasteiger partial charge in [-0.3, -0.25) is 0 Å². The Bertz CT molecular complexity index is 568. The van der Waals surface area contributed by atoms with E-state index >= 15 is 0 Å². The molecule has 2 rings (SSSR count). The van der Waals surface area contributed by atoms with Crippen LogP contribution in [0.1, 0.15) is 15.8 Å². The van der Waals surface area contributed by atoms with Crippen LogP contribution < -0.4 is 14.2 Å². The van der Waals surface area contributed by atoms with Gasteiger partial charge >= 0.3 is 0 Å². The van der Waals surface area contributed by atoms with Gasteiger partial charge in [-0.05, 0) is 35.6 Å². The summed E-state index contributed by atoms with van der Waals surface area (Å²) in [6, 6.07) is 7.78. The summed E-state index contributed by atoms with van der Waals surface area (Å²) in [6.45, 7) is 0. The van der Waals surface area contributed by atoms with E-state index in [9.17, 15) is 0 Å². The third-order valence-corrected chi connectivity index (χ3v) is 4.54. The van der Waals surface area contributed by atoms with Crippen molar-refractivity contribution in [3.63, 3.8) is 0 Å². The Morgan fingerprint density at radius 3 is 2.35 bits per heavy atom.